The lowest BCUT2D eigenvalue weighted by atomic mass is 9.75. The van der Waals surface area contributed by atoms with E-state index in [1.165, 1.54) is 11.1 Å². The van der Waals surface area contributed by atoms with E-state index in [-0.39, 0.29) is 12.6 Å². The Kier molecular flexibility index (Phi) is 7.91. The minimum Gasteiger partial charge on any atom is -0.394 e. The zero-order valence-electron chi connectivity index (χ0n) is 19.5. The Balaban J connectivity index is 1.35. The zero-order valence-corrected chi connectivity index (χ0v) is 19.5. The lowest BCUT2D eigenvalue weighted by Gasteiger charge is -2.36. The Labute approximate surface area is 201 Å². The third kappa shape index (κ3) is 5.63. The van der Waals surface area contributed by atoms with E-state index in [0.29, 0.717) is 24.2 Å². The summed E-state index contributed by atoms with van der Waals surface area (Å²) in [6.45, 7) is 2.38. The van der Waals surface area contributed by atoms with Crippen LogP contribution in [0.25, 0.3) is 17.2 Å². The lowest BCUT2D eigenvalue weighted by molar-refractivity contribution is 0.175. The molecule has 0 saturated heterocycles. The SMILES string of the molecule is C[C@H](O)c1nccn1C(/C=C/c1ccc(-c2ccc(C3CC(NCCC#N)C3)cc2)cc1)CO. The molecule has 1 saturated carbocycles. The van der Waals surface area contributed by atoms with E-state index in [4.69, 9.17) is 5.26 Å². The van der Waals surface area contributed by atoms with Gasteiger partial charge >= 0.3 is 0 Å². The van der Waals surface area contributed by atoms with E-state index >= 15 is 0 Å². The molecular formula is C28H32N4O2. The molecule has 6 heteroatoms. The average molecular weight is 457 g/mol. The first-order valence-electron chi connectivity index (χ1n) is 11.9. The largest absolute Gasteiger partial charge is 0.394 e. The number of imidazole rings is 1. The summed E-state index contributed by atoms with van der Waals surface area (Å²) >= 11 is 0. The van der Waals surface area contributed by atoms with Crippen LogP contribution in [0.1, 0.15) is 61.2 Å². The minimum atomic E-state index is -0.695. The summed E-state index contributed by atoms with van der Waals surface area (Å²) in [6.07, 6.45) is 9.47. The Hall–Kier alpha value is -3.24. The van der Waals surface area contributed by atoms with Crippen LogP contribution in [0, 0.1) is 11.3 Å². The molecule has 2 aromatic carbocycles. The van der Waals surface area contributed by atoms with Crippen molar-refractivity contribution in [1.82, 2.24) is 14.9 Å². The predicted molar refractivity (Wildman–Crippen MR) is 134 cm³/mol. The molecule has 34 heavy (non-hydrogen) atoms. The Morgan fingerprint density at radius 2 is 1.82 bits per heavy atom. The molecule has 3 N–H and O–H groups in total. The van der Waals surface area contributed by atoms with Crippen LogP contribution in [0.5, 0.6) is 0 Å². The fourth-order valence-electron chi connectivity index (χ4n) is 4.52. The monoisotopic (exact) mass is 456 g/mol. The number of rotatable bonds is 10. The van der Waals surface area contributed by atoms with Crippen LogP contribution in [0.15, 0.2) is 67.0 Å². The maximum Gasteiger partial charge on any atom is 0.137 e. The second kappa shape index (κ2) is 11.3. The molecule has 0 spiro atoms. The van der Waals surface area contributed by atoms with Crippen LogP contribution in [-0.4, -0.2) is 39.0 Å². The van der Waals surface area contributed by atoms with Crippen LogP contribution in [-0.2, 0) is 0 Å². The summed E-state index contributed by atoms with van der Waals surface area (Å²) < 4.78 is 1.80. The summed E-state index contributed by atoms with van der Waals surface area (Å²) in [5.74, 6) is 1.14. The molecule has 3 aromatic rings. The van der Waals surface area contributed by atoms with Crippen molar-refractivity contribution in [2.24, 2.45) is 0 Å². The second-order valence-electron chi connectivity index (χ2n) is 8.95. The highest BCUT2D eigenvalue weighted by atomic mass is 16.3. The first kappa shape index (κ1) is 23.9. The molecule has 0 amide bonds. The summed E-state index contributed by atoms with van der Waals surface area (Å²) in [6, 6.07) is 19.6. The highest BCUT2D eigenvalue weighted by Gasteiger charge is 2.29. The van der Waals surface area contributed by atoms with Gasteiger partial charge < -0.3 is 20.1 Å². The number of aromatic nitrogens is 2. The summed E-state index contributed by atoms with van der Waals surface area (Å²) in [5, 5.41) is 31.8. The van der Waals surface area contributed by atoms with Crippen molar-refractivity contribution in [2.75, 3.05) is 13.2 Å². The van der Waals surface area contributed by atoms with E-state index in [1.807, 2.05) is 12.2 Å². The van der Waals surface area contributed by atoms with Gasteiger partial charge in [-0.1, -0.05) is 60.7 Å². The van der Waals surface area contributed by atoms with Crippen molar-refractivity contribution in [2.45, 2.75) is 50.3 Å². The van der Waals surface area contributed by atoms with Crippen LogP contribution in [0.3, 0.4) is 0 Å². The highest BCUT2D eigenvalue weighted by molar-refractivity contribution is 5.66. The van der Waals surface area contributed by atoms with Crippen LogP contribution in [0.4, 0.5) is 0 Å². The van der Waals surface area contributed by atoms with Gasteiger partial charge in [0, 0.05) is 31.4 Å². The zero-order chi connectivity index (χ0) is 23.9. The van der Waals surface area contributed by atoms with E-state index < -0.39 is 6.10 Å². The van der Waals surface area contributed by atoms with Gasteiger partial charge in [0.2, 0.25) is 0 Å². The van der Waals surface area contributed by atoms with Crippen molar-refractivity contribution < 1.29 is 10.2 Å². The van der Waals surface area contributed by atoms with Gasteiger partial charge in [0.1, 0.15) is 11.9 Å². The molecule has 1 aliphatic rings. The van der Waals surface area contributed by atoms with Crippen LogP contribution < -0.4 is 5.32 Å². The molecule has 176 valence electrons. The molecule has 1 unspecified atom stereocenters. The van der Waals surface area contributed by atoms with Gasteiger partial charge in [-0.25, -0.2) is 4.98 Å². The topological polar surface area (TPSA) is 94.1 Å². The molecule has 0 radical (unpaired) electrons. The highest BCUT2D eigenvalue weighted by Crippen LogP contribution is 2.37. The molecule has 0 bridgehead atoms. The maximum absolute atomic E-state index is 9.88. The minimum absolute atomic E-state index is 0.0747. The number of benzene rings is 2. The smallest absolute Gasteiger partial charge is 0.137 e. The molecule has 1 heterocycles. The first-order valence-corrected chi connectivity index (χ1v) is 11.9. The lowest BCUT2D eigenvalue weighted by Crippen LogP contribution is -2.40. The summed E-state index contributed by atoms with van der Waals surface area (Å²) in [4.78, 5) is 4.18. The Morgan fingerprint density at radius 3 is 2.44 bits per heavy atom. The number of hydrogen-bond donors (Lipinski definition) is 3. The Morgan fingerprint density at radius 1 is 1.15 bits per heavy atom. The van der Waals surface area contributed by atoms with Gasteiger partial charge in [0.25, 0.3) is 0 Å². The van der Waals surface area contributed by atoms with Gasteiger partial charge in [0.15, 0.2) is 0 Å². The third-order valence-corrected chi connectivity index (χ3v) is 6.56. The Bertz CT molecular complexity index is 1120. The van der Waals surface area contributed by atoms with E-state index in [0.717, 1.165) is 30.5 Å². The van der Waals surface area contributed by atoms with Crippen molar-refractivity contribution >= 4 is 6.08 Å². The molecular weight excluding hydrogens is 424 g/mol. The number of nitriles is 1. The number of nitrogens with one attached hydrogen (secondary N) is 1. The maximum atomic E-state index is 9.88. The summed E-state index contributed by atoms with van der Waals surface area (Å²) in [5.41, 5.74) is 4.78. The molecule has 0 aliphatic heterocycles. The van der Waals surface area contributed by atoms with Crippen molar-refractivity contribution in [1.29, 1.82) is 5.26 Å². The molecule has 4 rings (SSSR count). The van der Waals surface area contributed by atoms with Crippen LogP contribution >= 0.6 is 0 Å². The first-order chi connectivity index (χ1) is 16.6. The van der Waals surface area contributed by atoms with Gasteiger partial charge in [-0.2, -0.15) is 5.26 Å². The van der Waals surface area contributed by atoms with Gasteiger partial charge in [-0.3, -0.25) is 0 Å². The fourth-order valence-corrected chi connectivity index (χ4v) is 4.52. The van der Waals surface area contributed by atoms with Gasteiger partial charge in [0.05, 0.1) is 18.7 Å². The molecule has 2 atom stereocenters. The van der Waals surface area contributed by atoms with Gasteiger partial charge in [-0.15, -0.1) is 0 Å². The molecule has 1 aromatic heterocycles. The molecule has 6 nitrogen and oxygen atoms in total. The second-order valence-corrected chi connectivity index (χ2v) is 8.95. The number of aliphatic hydroxyl groups is 2. The standard InChI is InChI=1S/C28H32N4O2/c1-20(34)28-31-15-16-32(28)27(19-33)12-5-21-3-6-22(7-4-21)23-8-10-24(11-9-23)25-17-26(18-25)30-14-2-13-29/h3-12,15-16,20,25-27,30,33-34H,2,14,17-19H2,1H3/b12-5+/t20-,25?,26?,27?/m0/s1. The number of nitrogens with zero attached hydrogens (tertiary/aromatic N) is 3. The van der Waals surface area contributed by atoms with Crippen molar-refractivity contribution in [3.63, 3.8) is 0 Å². The van der Waals surface area contributed by atoms with Crippen molar-refractivity contribution in [3.05, 3.63) is 84.0 Å². The van der Waals surface area contributed by atoms with E-state index in [2.05, 4.69) is 64.9 Å². The summed E-state index contributed by atoms with van der Waals surface area (Å²) in [7, 11) is 0. The normalized spacial score (nSPS) is 19.5. The molecule has 1 aliphatic carbocycles. The predicted octanol–water partition coefficient (Wildman–Crippen LogP) is 4.60. The number of hydrogen-bond acceptors (Lipinski definition) is 5. The van der Waals surface area contributed by atoms with E-state index in [9.17, 15) is 10.2 Å². The van der Waals surface area contributed by atoms with Crippen LogP contribution in [0.2, 0.25) is 0 Å². The third-order valence-electron chi connectivity index (χ3n) is 6.56. The quantitative estimate of drug-likeness (QED) is 0.388. The van der Waals surface area contributed by atoms with Gasteiger partial charge in [-0.05, 0) is 47.9 Å². The molecule has 1 fully saturated rings. The van der Waals surface area contributed by atoms with E-state index in [1.54, 1.807) is 23.9 Å². The van der Waals surface area contributed by atoms with Crippen molar-refractivity contribution in [3.8, 4) is 17.2 Å². The number of aliphatic hydroxyl groups excluding tert-OH is 2. The fraction of sp³-hybridized carbons (Fsp3) is 0.357. The average Bonchev–Trinajstić information content (AvgIpc) is 3.32.